The molecule has 0 N–H and O–H groups in total. The summed E-state index contributed by atoms with van der Waals surface area (Å²) in [5.41, 5.74) is 0.0417. The Morgan fingerprint density at radius 2 is 1.96 bits per heavy atom. The molecule has 0 fully saturated rings. The smallest absolute Gasteiger partial charge is 0.320 e. The van der Waals surface area contributed by atoms with Gasteiger partial charge in [0.1, 0.15) is 10.8 Å². The molecule has 0 spiro atoms. The van der Waals surface area contributed by atoms with E-state index in [-0.39, 0.29) is 12.4 Å². The Bertz CT molecular complexity index is 1050. The van der Waals surface area contributed by atoms with Crippen LogP contribution in [0.5, 0.6) is 0 Å². The quantitative estimate of drug-likeness (QED) is 0.274. The lowest BCUT2D eigenvalue weighted by molar-refractivity contribution is -0.384. The van der Waals surface area contributed by atoms with Gasteiger partial charge in [-0.15, -0.1) is 16.9 Å². The van der Waals surface area contributed by atoms with Crippen LogP contribution >= 0.6 is 11.8 Å². The Kier molecular flexibility index (Phi) is 5.46. The Labute approximate surface area is 157 Å². The number of esters is 1. The largest absolute Gasteiger partial charge is 0.441 e. The summed E-state index contributed by atoms with van der Waals surface area (Å²) >= 11 is 1.19. The van der Waals surface area contributed by atoms with Gasteiger partial charge >= 0.3 is 5.97 Å². The van der Waals surface area contributed by atoms with Crippen LogP contribution in [0.1, 0.15) is 6.92 Å². The van der Waals surface area contributed by atoms with E-state index in [1.807, 2.05) is 0 Å². The Morgan fingerprint density at radius 3 is 2.67 bits per heavy atom. The van der Waals surface area contributed by atoms with Gasteiger partial charge in [0.2, 0.25) is 0 Å². The zero-order chi connectivity index (χ0) is 19.4. The minimum Gasteiger partial charge on any atom is -0.441 e. The van der Waals surface area contributed by atoms with E-state index in [1.54, 1.807) is 43.3 Å². The van der Waals surface area contributed by atoms with Crippen LogP contribution in [0.3, 0.4) is 0 Å². The van der Waals surface area contributed by atoms with Crippen molar-refractivity contribution in [3.8, 4) is 0 Å². The number of carbonyl (C=O) groups excluding carboxylic acids is 1. The Balaban J connectivity index is 1.62. The molecule has 9 nitrogen and oxygen atoms in total. The number of fused-ring (bicyclic) bond motifs is 1. The van der Waals surface area contributed by atoms with Crippen molar-refractivity contribution in [2.24, 2.45) is 0 Å². The van der Waals surface area contributed by atoms with E-state index in [4.69, 9.17) is 4.74 Å². The van der Waals surface area contributed by atoms with Gasteiger partial charge in [-0.3, -0.25) is 19.7 Å². The molecule has 10 heteroatoms. The van der Waals surface area contributed by atoms with Gasteiger partial charge < -0.3 is 4.74 Å². The first-order valence-corrected chi connectivity index (χ1v) is 8.74. The second kappa shape index (κ2) is 7.96. The van der Waals surface area contributed by atoms with Crippen LogP contribution in [0.25, 0.3) is 10.9 Å². The molecular formula is C17H14N4O5S. The lowest BCUT2D eigenvalue weighted by Gasteiger charge is -2.11. The lowest BCUT2D eigenvalue weighted by atomic mass is 10.2. The van der Waals surface area contributed by atoms with Crippen LogP contribution in [-0.2, 0) is 16.3 Å². The van der Waals surface area contributed by atoms with Crippen LogP contribution in [0.2, 0.25) is 0 Å². The van der Waals surface area contributed by atoms with Crippen molar-refractivity contribution in [1.29, 1.82) is 0 Å². The van der Waals surface area contributed by atoms with Crippen molar-refractivity contribution in [3.63, 3.8) is 0 Å². The first-order valence-electron chi connectivity index (χ1n) is 7.86. The number of carbonyl (C=O) groups is 1. The molecule has 3 rings (SSSR count). The van der Waals surface area contributed by atoms with Crippen molar-refractivity contribution in [3.05, 3.63) is 69.0 Å². The number of non-ortho nitro benzene ring substituents is 1. The fourth-order valence-electron chi connectivity index (χ4n) is 2.25. The Morgan fingerprint density at radius 1 is 1.26 bits per heavy atom. The van der Waals surface area contributed by atoms with Gasteiger partial charge in [0.15, 0.2) is 6.73 Å². The molecule has 1 heterocycles. The van der Waals surface area contributed by atoms with E-state index < -0.39 is 21.7 Å². The van der Waals surface area contributed by atoms with E-state index in [0.717, 1.165) is 4.68 Å². The third-order valence-electron chi connectivity index (χ3n) is 3.65. The second-order valence-corrected chi connectivity index (χ2v) is 6.93. The fraction of sp³-hybridized carbons (Fsp3) is 0.176. The summed E-state index contributed by atoms with van der Waals surface area (Å²) in [5.74, 6) is -0.541. The van der Waals surface area contributed by atoms with Gasteiger partial charge in [0.25, 0.3) is 11.2 Å². The highest BCUT2D eigenvalue weighted by atomic mass is 32.2. The van der Waals surface area contributed by atoms with Gasteiger partial charge in [-0.2, -0.15) is 4.68 Å². The number of hydrogen-bond donors (Lipinski definition) is 0. The maximum absolute atomic E-state index is 12.3. The number of aromatic nitrogens is 3. The molecule has 0 saturated carbocycles. The van der Waals surface area contributed by atoms with Crippen LogP contribution in [0.4, 0.5) is 5.69 Å². The third-order valence-corrected chi connectivity index (χ3v) is 4.74. The average Bonchev–Trinajstić information content (AvgIpc) is 2.67. The Hall–Kier alpha value is -3.27. The number of hydrogen-bond acceptors (Lipinski definition) is 8. The molecule has 0 amide bonds. The van der Waals surface area contributed by atoms with Crippen molar-refractivity contribution >= 4 is 34.3 Å². The van der Waals surface area contributed by atoms with Gasteiger partial charge in [-0.1, -0.05) is 17.3 Å². The molecule has 2 aromatic carbocycles. The predicted molar refractivity (Wildman–Crippen MR) is 98.3 cm³/mol. The number of ether oxygens (including phenoxy) is 1. The van der Waals surface area contributed by atoms with Crippen LogP contribution in [0, 0.1) is 10.1 Å². The summed E-state index contributed by atoms with van der Waals surface area (Å²) in [7, 11) is 0. The maximum atomic E-state index is 12.3. The molecule has 138 valence electrons. The summed E-state index contributed by atoms with van der Waals surface area (Å²) in [5, 5.41) is 18.1. The second-order valence-electron chi connectivity index (χ2n) is 5.51. The highest BCUT2D eigenvalue weighted by Gasteiger charge is 2.17. The predicted octanol–water partition coefficient (Wildman–Crippen LogP) is 2.38. The molecule has 27 heavy (non-hydrogen) atoms. The van der Waals surface area contributed by atoms with Crippen molar-refractivity contribution in [1.82, 2.24) is 15.0 Å². The SMILES string of the molecule is C[C@@H](Sc1ccc([N+](=O)[O-])cc1)C(=O)OCn1nnc2ccccc2c1=O. The first-order chi connectivity index (χ1) is 13.0. The average molecular weight is 386 g/mol. The summed E-state index contributed by atoms with van der Waals surface area (Å²) in [6, 6.07) is 12.6. The third kappa shape index (κ3) is 4.29. The number of nitro benzene ring substituents is 1. The van der Waals surface area contributed by atoms with Gasteiger partial charge in [0.05, 0.1) is 10.3 Å². The molecule has 1 aromatic heterocycles. The molecule has 0 radical (unpaired) electrons. The summed E-state index contributed by atoms with van der Waals surface area (Å²) in [6.45, 7) is 1.30. The van der Waals surface area contributed by atoms with Crippen molar-refractivity contribution in [2.45, 2.75) is 23.8 Å². The molecule has 0 unspecified atom stereocenters. The molecule has 0 saturated heterocycles. The van der Waals surface area contributed by atoms with Crippen LogP contribution < -0.4 is 5.56 Å². The van der Waals surface area contributed by atoms with Gasteiger partial charge in [-0.25, -0.2) is 0 Å². The fourth-order valence-corrected chi connectivity index (χ4v) is 3.11. The molecule has 0 aliphatic carbocycles. The highest BCUT2D eigenvalue weighted by molar-refractivity contribution is 8.00. The number of nitro groups is 1. The zero-order valence-corrected chi connectivity index (χ0v) is 15.0. The van der Waals surface area contributed by atoms with Crippen molar-refractivity contribution < 1.29 is 14.5 Å². The molecular weight excluding hydrogens is 372 g/mol. The van der Waals surface area contributed by atoms with E-state index in [0.29, 0.717) is 15.8 Å². The van der Waals surface area contributed by atoms with Gasteiger partial charge in [-0.05, 0) is 31.2 Å². The minimum absolute atomic E-state index is 0.0242. The number of benzene rings is 2. The van der Waals surface area contributed by atoms with Crippen molar-refractivity contribution in [2.75, 3.05) is 0 Å². The number of nitrogens with zero attached hydrogens (tertiary/aromatic N) is 4. The molecule has 0 bridgehead atoms. The first kappa shape index (κ1) is 18.5. The molecule has 0 aliphatic rings. The molecule has 1 atom stereocenters. The monoisotopic (exact) mass is 386 g/mol. The standard InChI is InChI=1S/C17H14N4O5S/c1-11(27-13-8-6-12(7-9-13)21(24)25)17(23)26-10-20-16(22)14-4-2-3-5-15(14)18-19-20/h2-9,11H,10H2,1H3/t11-/m1/s1. The number of rotatable bonds is 6. The van der Waals surface area contributed by atoms with E-state index in [9.17, 15) is 19.7 Å². The van der Waals surface area contributed by atoms with E-state index in [1.165, 1.54) is 23.9 Å². The van der Waals surface area contributed by atoms with Crippen LogP contribution in [0.15, 0.2) is 58.2 Å². The molecule has 3 aromatic rings. The zero-order valence-electron chi connectivity index (χ0n) is 14.1. The van der Waals surface area contributed by atoms with E-state index in [2.05, 4.69) is 10.3 Å². The van der Waals surface area contributed by atoms with E-state index >= 15 is 0 Å². The maximum Gasteiger partial charge on any atom is 0.320 e. The summed E-state index contributed by atoms with van der Waals surface area (Å²) < 4.78 is 6.12. The lowest BCUT2D eigenvalue weighted by Crippen LogP contribution is -2.28. The minimum atomic E-state index is -0.574. The summed E-state index contributed by atoms with van der Waals surface area (Å²) in [6.07, 6.45) is 0. The van der Waals surface area contributed by atoms with Gasteiger partial charge in [0, 0.05) is 17.0 Å². The van der Waals surface area contributed by atoms with Crippen LogP contribution in [-0.4, -0.2) is 31.1 Å². The summed E-state index contributed by atoms with van der Waals surface area (Å²) in [4.78, 5) is 35.3. The molecule has 0 aliphatic heterocycles. The number of thioether (sulfide) groups is 1. The highest BCUT2D eigenvalue weighted by Crippen LogP contribution is 2.26. The topological polar surface area (TPSA) is 117 Å². The normalized spacial score (nSPS) is 11.9.